The minimum absolute atomic E-state index is 0.181. The van der Waals surface area contributed by atoms with Gasteiger partial charge >= 0.3 is 0 Å². The average molecular weight is 1660 g/mol. The van der Waals surface area contributed by atoms with Crippen LogP contribution in [0.15, 0.2) is 486 Å². The molecular formula is C126H78O3. The number of hydrogen-bond donors (Lipinski definition) is 0. The van der Waals surface area contributed by atoms with E-state index < -0.39 is 72.5 Å². The van der Waals surface area contributed by atoms with E-state index in [-0.39, 0.29) is 137 Å². The summed E-state index contributed by atoms with van der Waals surface area (Å²) < 4.78 is 234. The molecule has 0 bridgehead atoms. The van der Waals surface area contributed by atoms with Crippen molar-refractivity contribution >= 4 is 163 Å². The van der Waals surface area contributed by atoms with Crippen molar-refractivity contribution in [1.82, 2.24) is 0 Å². The van der Waals surface area contributed by atoms with Crippen LogP contribution in [0.4, 0.5) is 0 Å². The molecule has 0 fully saturated rings. The van der Waals surface area contributed by atoms with Gasteiger partial charge in [0.1, 0.15) is 33.5 Å². The van der Waals surface area contributed by atoms with Crippen LogP contribution in [0.3, 0.4) is 0 Å². The van der Waals surface area contributed by atoms with Crippen LogP contribution in [-0.4, -0.2) is 0 Å². The molecule has 0 aliphatic heterocycles. The van der Waals surface area contributed by atoms with E-state index in [1.54, 1.807) is 91.0 Å². The lowest BCUT2D eigenvalue weighted by Gasteiger charge is -2.17. The first-order chi connectivity index (χ1) is 74.0. The third-order valence-electron chi connectivity index (χ3n) is 24.9. The first-order valence-electron chi connectivity index (χ1n) is 54.4. The lowest BCUT2D eigenvalue weighted by Crippen LogP contribution is -1.90. The largest absolute Gasteiger partial charge is 0.456 e. The number of benzene rings is 24. The highest BCUT2D eigenvalue weighted by atomic mass is 16.3. The van der Waals surface area contributed by atoms with E-state index in [1.165, 1.54) is 0 Å². The van der Waals surface area contributed by atoms with Crippen molar-refractivity contribution in [2.45, 2.75) is 0 Å². The predicted molar refractivity (Wildman–Crippen MR) is 548 cm³/mol. The molecule has 3 heteroatoms. The second-order valence-electron chi connectivity index (χ2n) is 32.0. The van der Waals surface area contributed by atoms with E-state index in [9.17, 15) is 8.22 Å². The van der Waals surface area contributed by atoms with Crippen LogP contribution in [0.2, 0.25) is 0 Å². The van der Waals surface area contributed by atoms with Crippen LogP contribution in [-0.2, 0) is 0 Å². The predicted octanol–water partition coefficient (Wildman–Crippen LogP) is 36.1. The highest BCUT2D eigenvalue weighted by Crippen LogP contribution is 2.52. The van der Waals surface area contributed by atoms with Crippen LogP contribution in [0.1, 0.15) is 32.9 Å². The van der Waals surface area contributed by atoms with Gasteiger partial charge < -0.3 is 13.3 Å². The first kappa shape index (κ1) is 53.9. The zero-order valence-corrected chi connectivity index (χ0v) is 68.4. The Morgan fingerprint density at radius 1 is 0.140 bits per heavy atom. The quantitative estimate of drug-likeness (QED) is 0.135. The van der Waals surface area contributed by atoms with Gasteiger partial charge in [-0.05, 0) is 264 Å². The normalized spacial score (nSPS) is 14.3. The molecule has 3 aromatic heterocycles. The van der Waals surface area contributed by atoms with Crippen molar-refractivity contribution in [2.75, 3.05) is 0 Å². The van der Waals surface area contributed by atoms with Gasteiger partial charge in [-0.25, -0.2) is 0 Å². The van der Waals surface area contributed by atoms with Gasteiger partial charge in [-0.2, -0.15) is 0 Å². The molecule has 0 aliphatic rings. The Morgan fingerprint density at radius 2 is 0.395 bits per heavy atom. The molecule has 0 N–H and O–H groups in total. The maximum Gasteiger partial charge on any atom is 0.136 e. The molecule has 129 heavy (non-hydrogen) atoms. The minimum Gasteiger partial charge on any atom is -0.456 e. The highest BCUT2D eigenvalue weighted by molar-refractivity contribution is 6.29. The lowest BCUT2D eigenvalue weighted by molar-refractivity contribution is 0.669. The maximum absolute atomic E-state index is 9.25. The molecule has 0 atom stereocenters. The molecule has 600 valence electrons. The molecule has 0 unspecified atom stereocenters. The fourth-order valence-corrected chi connectivity index (χ4v) is 19.2. The van der Waals surface area contributed by atoms with Crippen molar-refractivity contribution in [3.05, 3.63) is 473 Å². The number of furan rings is 3. The lowest BCUT2D eigenvalue weighted by atomic mass is 9.85. The molecule has 3 nitrogen and oxygen atoms in total. The monoisotopic (exact) mass is 1660 g/mol. The van der Waals surface area contributed by atoms with E-state index in [1.807, 2.05) is 152 Å². The van der Waals surface area contributed by atoms with Crippen molar-refractivity contribution < 1.29 is 46.1 Å². The molecule has 0 saturated heterocycles. The van der Waals surface area contributed by atoms with Gasteiger partial charge in [-0.1, -0.05) is 406 Å². The first-order valence-corrected chi connectivity index (χ1v) is 42.4. The van der Waals surface area contributed by atoms with Crippen LogP contribution in [0.5, 0.6) is 0 Å². The van der Waals surface area contributed by atoms with Crippen LogP contribution >= 0.6 is 0 Å². The fourth-order valence-electron chi connectivity index (χ4n) is 19.2. The van der Waals surface area contributed by atoms with Crippen molar-refractivity contribution in [2.24, 2.45) is 0 Å². The summed E-state index contributed by atoms with van der Waals surface area (Å²) in [5, 5.41) is 13.2. The van der Waals surface area contributed by atoms with Gasteiger partial charge in [0.05, 0.1) is 32.9 Å². The standard InChI is InChI=1S/3C42H26O/c1-3-11-27(12-4-1)29-19-22-32-30(25-29)20-24-39-42(32)37-26-31(21-23-38(37)43-39)41-35-17-9-7-15-33(35)40(28-13-5-2-6-14-28)34-16-8-10-18-36(34)41;1-3-11-27(12-4-1)30-20-19-28-21-24-39-42(36(28)25-30)37-26-31(22-23-38(37)43-39)41-34-17-9-7-15-32(34)40(29-13-5-2-6-14-29)33-16-8-10-18-35(33)41;1-3-13-27(14-4-1)36-26-39-42(31-18-8-7-17-30(31)36)37-25-29(23-24-38(37)43-39)41-34-21-11-9-19-32(34)40(28-15-5-2-6-16-28)33-20-10-12-22-35(33)41/h3*1-26H/i2*7D,8D,9D,10D,15D,16D,17D,18D;9D,10D,11D,12D,19D,20D,21D,22D. The Morgan fingerprint density at radius 3 is 0.767 bits per heavy atom. The Balaban J connectivity index is 0.000000118. The number of hydrogen-bond acceptors (Lipinski definition) is 3. The molecule has 27 rings (SSSR count). The van der Waals surface area contributed by atoms with Crippen LogP contribution < -0.4 is 0 Å². The summed E-state index contributed by atoms with van der Waals surface area (Å²) in [5.74, 6) is 0. The molecule has 0 aliphatic carbocycles. The van der Waals surface area contributed by atoms with Crippen molar-refractivity contribution in [1.29, 1.82) is 0 Å². The van der Waals surface area contributed by atoms with Gasteiger partial charge in [-0.3, -0.25) is 0 Å². The van der Waals surface area contributed by atoms with Gasteiger partial charge in [0.15, 0.2) is 0 Å². The molecule has 0 saturated carbocycles. The van der Waals surface area contributed by atoms with Crippen LogP contribution in [0, 0.1) is 0 Å². The summed E-state index contributed by atoms with van der Waals surface area (Å²) >= 11 is 0. The van der Waals surface area contributed by atoms with E-state index >= 15 is 0 Å². The van der Waals surface area contributed by atoms with E-state index in [0.717, 1.165) is 98.0 Å². The average Bonchev–Trinajstić information content (AvgIpc) is 1.26. The summed E-state index contributed by atoms with van der Waals surface area (Å²) in [6.45, 7) is 0. The summed E-state index contributed by atoms with van der Waals surface area (Å²) in [6.07, 6.45) is 0. The summed E-state index contributed by atoms with van der Waals surface area (Å²) in [7, 11) is 0. The Bertz CT molecular complexity index is 10300. The van der Waals surface area contributed by atoms with E-state index in [2.05, 4.69) is 84.9 Å². The van der Waals surface area contributed by atoms with Crippen molar-refractivity contribution in [3.63, 3.8) is 0 Å². The number of rotatable bonds is 9. The fraction of sp³-hybridized carbons (Fsp3) is 0. The van der Waals surface area contributed by atoms with E-state index in [0.29, 0.717) is 100 Å². The zero-order valence-electron chi connectivity index (χ0n) is 92.4. The Labute approximate surface area is 777 Å². The van der Waals surface area contributed by atoms with Crippen LogP contribution in [0.25, 0.3) is 263 Å². The number of fused-ring (bicyclic) bond motifs is 21. The minimum atomic E-state index is -0.428. The zero-order chi connectivity index (χ0) is 106. The second-order valence-corrected chi connectivity index (χ2v) is 32.0. The maximum atomic E-state index is 9.25. The van der Waals surface area contributed by atoms with Gasteiger partial charge in [0.2, 0.25) is 0 Å². The molecule has 0 radical (unpaired) electrons. The summed E-state index contributed by atoms with van der Waals surface area (Å²) in [5.41, 5.74) is 15.5. The van der Waals surface area contributed by atoms with Gasteiger partial charge in [0, 0.05) is 32.3 Å². The molecule has 27 aromatic rings. The third-order valence-corrected chi connectivity index (χ3v) is 24.9. The molecule has 0 spiro atoms. The molecular weight excluding hydrogens is 1560 g/mol. The molecule has 3 heterocycles. The van der Waals surface area contributed by atoms with E-state index in [4.69, 9.17) is 37.9 Å². The van der Waals surface area contributed by atoms with Gasteiger partial charge in [0.25, 0.3) is 0 Å². The second kappa shape index (κ2) is 31.1. The summed E-state index contributed by atoms with van der Waals surface area (Å²) in [4.78, 5) is 0. The highest BCUT2D eigenvalue weighted by Gasteiger charge is 2.25. The Kier molecular flexibility index (Phi) is 13.0. The van der Waals surface area contributed by atoms with Gasteiger partial charge in [-0.15, -0.1) is 0 Å². The SMILES string of the molecule is [2H]c1c([2H])c([2H])c2c(-c3ccc4oc5cc(-c6ccccc6)c6ccccc6c5c4c3)c3c([2H])c([2H])c([2H])c([2H])c3c(-c3ccccc3)c2c1[2H].[2H]c1c([2H])c([2H])c2c(-c3ccc4oc5ccc6cc(-c7ccccc7)ccc6c5c4c3)c3c([2H])c([2H])c([2H])c([2H])c3c(-c3ccccc3)c2c1[2H].[2H]c1c([2H])c([2H])c2c(-c3ccc4oc5ccc6ccc(-c7ccccc7)cc6c5c4c3)c3c([2H])c([2H])c([2H])c([2H])c3c(-c3ccccc3)c2c1[2H]. The Hall–Kier alpha value is -17.0. The topological polar surface area (TPSA) is 39.4 Å². The van der Waals surface area contributed by atoms with Crippen molar-refractivity contribution in [3.8, 4) is 100 Å². The molecule has 24 aromatic carbocycles. The third kappa shape index (κ3) is 12.6. The molecule has 0 amide bonds. The smallest absolute Gasteiger partial charge is 0.136 e. The summed E-state index contributed by atoms with van der Waals surface area (Å²) in [6, 6.07) is 96.0.